The van der Waals surface area contributed by atoms with Crippen molar-refractivity contribution in [2.45, 2.75) is 6.61 Å². The Morgan fingerprint density at radius 1 is 1.07 bits per heavy atom. The Morgan fingerprint density at radius 3 is 2.59 bits per heavy atom. The number of ketones is 1. The largest absolute Gasteiger partial charge is 0.497 e. The lowest BCUT2D eigenvalue weighted by Gasteiger charge is -2.07. The number of ether oxygens (including phenoxy) is 3. The minimum absolute atomic E-state index is 0.0166. The zero-order valence-electron chi connectivity index (χ0n) is 15.8. The molecule has 0 spiro atoms. The van der Waals surface area contributed by atoms with E-state index in [-0.39, 0.29) is 17.4 Å². The molecule has 2 aromatic carbocycles. The van der Waals surface area contributed by atoms with Gasteiger partial charge in [0.15, 0.2) is 5.78 Å². The van der Waals surface area contributed by atoms with E-state index in [1.165, 1.54) is 38.5 Å². The van der Waals surface area contributed by atoms with Crippen molar-refractivity contribution in [3.05, 3.63) is 82.5 Å². The minimum Gasteiger partial charge on any atom is -0.497 e. The summed E-state index contributed by atoms with van der Waals surface area (Å²) in [6, 6.07) is 12.5. The normalized spacial score (nSPS) is 10.9. The Kier molecular flexibility index (Phi) is 6.57. The van der Waals surface area contributed by atoms with Crippen LogP contribution in [0.5, 0.6) is 17.2 Å². The lowest BCUT2D eigenvalue weighted by Crippen LogP contribution is -1.99. The van der Waals surface area contributed by atoms with Crippen molar-refractivity contribution in [1.29, 1.82) is 0 Å². The molecule has 0 bridgehead atoms. The lowest BCUT2D eigenvalue weighted by molar-refractivity contribution is 0.104. The third-order valence-electron chi connectivity index (χ3n) is 4.03. The van der Waals surface area contributed by atoms with Gasteiger partial charge < -0.3 is 18.6 Å². The van der Waals surface area contributed by atoms with E-state index in [4.69, 9.17) is 30.2 Å². The molecule has 0 unspecified atom stereocenters. The van der Waals surface area contributed by atoms with Gasteiger partial charge >= 0.3 is 0 Å². The third kappa shape index (κ3) is 5.18. The van der Waals surface area contributed by atoms with Crippen LogP contribution in [0.25, 0.3) is 6.08 Å². The van der Waals surface area contributed by atoms with Crippen LogP contribution in [0.15, 0.2) is 59.0 Å². The summed E-state index contributed by atoms with van der Waals surface area (Å²) >= 11 is 5.73. The van der Waals surface area contributed by atoms with E-state index in [1.54, 1.807) is 36.4 Å². The summed E-state index contributed by atoms with van der Waals surface area (Å²) in [7, 11) is 3.02. The smallest absolute Gasteiger partial charge is 0.189 e. The van der Waals surface area contributed by atoms with Crippen molar-refractivity contribution < 1.29 is 27.8 Å². The summed E-state index contributed by atoms with van der Waals surface area (Å²) in [6.07, 6.45) is 2.94. The lowest BCUT2D eigenvalue weighted by atomic mass is 10.1. The molecule has 0 atom stereocenters. The number of allylic oxidation sites excluding steroid dienone is 1. The Labute approximate surface area is 172 Å². The molecule has 0 aliphatic rings. The van der Waals surface area contributed by atoms with Gasteiger partial charge in [-0.3, -0.25) is 4.79 Å². The fraction of sp³-hybridized carbons (Fsp3) is 0.136. The van der Waals surface area contributed by atoms with Gasteiger partial charge in [-0.05, 0) is 54.6 Å². The van der Waals surface area contributed by atoms with Gasteiger partial charge in [0.25, 0.3) is 0 Å². The molecular formula is C22H18ClFO5. The van der Waals surface area contributed by atoms with Gasteiger partial charge in [0.2, 0.25) is 0 Å². The topological polar surface area (TPSA) is 57.9 Å². The van der Waals surface area contributed by atoms with E-state index in [2.05, 4.69) is 0 Å². The van der Waals surface area contributed by atoms with Crippen LogP contribution in [0.1, 0.15) is 21.9 Å². The maximum Gasteiger partial charge on any atom is 0.189 e. The highest BCUT2D eigenvalue weighted by Crippen LogP contribution is 2.25. The maximum absolute atomic E-state index is 13.2. The number of furan rings is 1. The van der Waals surface area contributed by atoms with Crippen LogP contribution in [-0.4, -0.2) is 20.0 Å². The first-order chi connectivity index (χ1) is 14.0. The number of halogens is 2. The molecule has 0 aliphatic carbocycles. The summed E-state index contributed by atoms with van der Waals surface area (Å²) in [6.45, 7) is 0.132. The quantitative estimate of drug-likeness (QED) is 0.355. The highest BCUT2D eigenvalue weighted by atomic mass is 35.5. The average molecular weight is 417 g/mol. The second-order valence-electron chi connectivity index (χ2n) is 5.93. The highest BCUT2D eigenvalue weighted by molar-refractivity contribution is 6.30. The molecule has 0 aliphatic heterocycles. The molecule has 29 heavy (non-hydrogen) atoms. The second kappa shape index (κ2) is 9.30. The van der Waals surface area contributed by atoms with Crippen LogP contribution in [0.3, 0.4) is 0 Å². The number of hydrogen-bond donors (Lipinski definition) is 0. The van der Waals surface area contributed by atoms with Gasteiger partial charge in [-0.15, -0.1) is 0 Å². The van der Waals surface area contributed by atoms with Crippen LogP contribution < -0.4 is 14.2 Å². The molecule has 3 aromatic rings. The summed E-state index contributed by atoms with van der Waals surface area (Å²) in [5, 5.41) is -0.0166. The molecule has 5 nitrogen and oxygen atoms in total. The minimum atomic E-state index is -0.512. The Balaban J connectivity index is 1.65. The molecule has 1 aromatic heterocycles. The van der Waals surface area contributed by atoms with E-state index < -0.39 is 5.82 Å². The SMILES string of the molecule is COc1ccc(OC)c(C(=O)/C=C/c2ccc(COc3ccc(F)c(Cl)c3)o2)c1. The van der Waals surface area contributed by atoms with Gasteiger partial charge in [0.05, 0.1) is 24.8 Å². The molecule has 3 rings (SSSR count). The van der Waals surface area contributed by atoms with Crippen molar-refractivity contribution in [2.24, 2.45) is 0 Å². The standard InChI is InChI=1S/C22H18ClFO5/c1-26-15-7-10-22(27-2)18(11-15)21(25)9-6-14-3-4-17(29-14)13-28-16-5-8-20(24)19(23)12-16/h3-12H,13H2,1-2H3/b9-6+. The van der Waals surface area contributed by atoms with Crippen molar-refractivity contribution in [3.8, 4) is 17.2 Å². The number of methoxy groups -OCH3 is 2. The second-order valence-corrected chi connectivity index (χ2v) is 6.34. The maximum atomic E-state index is 13.2. The van der Waals surface area contributed by atoms with Crippen molar-refractivity contribution in [1.82, 2.24) is 0 Å². The van der Waals surface area contributed by atoms with E-state index in [1.807, 2.05) is 0 Å². The van der Waals surface area contributed by atoms with Crippen LogP contribution >= 0.6 is 11.6 Å². The molecular weight excluding hydrogens is 399 g/mol. The first-order valence-electron chi connectivity index (χ1n) is 8.61. The summed E-state index contributed by atoms with van der Waals surface area (Å²) in [5.74, 6) is 1.68. The predicted octanol–water partition coefficient (Wildman–Crippen LogP) is 5.56. The zero-order chi connectivity index (χ0) is 20.8. The highest BCUT2D eigenvalue weighted by Gasteiger charge is 2.11. The molecule has 0 saturated carbocycles. The molecule has 0 fully saturated rings. The number of hydrogen-bond acceptors (Lipinski definition) is 5. The van der Waals surface area contributed by atoms with Gasteiger partial charge in [0, 0.05) is 6.07 Å². The first kappa shape index (κ1) is 20.5. The molecule has 0 N–H and O–H groups in total. The fourth-order valence-corrected chi connectivity index (χ4v) is 2.71. The van der Waals surface area contributed by atoms with Crippen LogP contribution in [0, 0.1) is 5.82 Å². The van der Waals surface area contributed by atoms with Gasteiger partial charge in [-0.1, -0.05) is 11.6 Å². The number of rotatable bonds is 8. The molecule has 0 amide bonds. The number of carbonyl (C=O) groups is 1. The molecule has 150 valence electrons. The Hall–Kier alpha value is -3.25. The number of benzene rings is 2. The van der Waals surface area contributed by atoms with E-state index in [0.29, 0.717) is 34.3 Å². The van der Waals surface area contributed by atoms with Crippen LogP contribution in [0.4, 0.5) is 4.39 Å². The van der Waals surface area contributed by atoms with Gasteiger partial charge in [-0.2, -0.15) is 0 Å². The summed E-state index contributed by atoms with van der Waals surface area (Å²) in [4.78, 5) is 12.5. The van der Waals surface area contributed by atoms with E-state index in [9.17, 15) is 9.18 Å². The summed E-state index contributed by atoms with van der Waals surface area (Å²) < 4.78 is 34.7. The average Bonchev–Trinajstić information content (AvgIpc) is 3.20. The Bertz CT molecular complexity index is 1040. The summed E-state index contributed by atoms with van der Waals surface area (Å²) in [5.41, 5.74) is 0.381. The van der Waals surface area contributed by atoms with Crippen molar-refractivity contribution in [2.75, 3.05) is 14.2 Å². The monoisotopic (exact) mass is 416 g/mol. The molecule has 1 heterocycles. The molecule has 0 saturated heterocycles. The zero-order valence-corrected chi connectivity index (χ0v) is 16.5. The van der Waals surface area contributed by atoms with Gasteiger partial charge in [-0.25, -0.2) is 4.39 Å². The molecule has 0 radical (unpaired) electrons. The number of carbonyl (C=O) groups excluding carboxylic acids is 1. The van der Waals surface area contributed by atoms with Gasteiger partial charge in [0.1, 0.15) is 41.2 Å². The predicted molar refractivity (Wildman–Crippen MR) is 107 cm³/mol. The van der Waals surface area contributed by atoms with Crippen molar-refractivity contribution >= 4 is 23.5 Å². The first-order valence-corrected chi connectivity index (χ1v) is 8.99. The molecule has 7 heteroatoms. The van der Waals surface area contributed by atoms with Crippen LogP contribution in [-0.2, 0) is 6.61 Å². The van der Waals surface area contributed by atoms with Crippen LogP contribution in [0.2, 0.25) is 5.02 Å². The van der Waals surface area contributed by atoms with E-state index in [0.717, 1.165) is 0 Å². The van der Waals surface area contributed by atoms with Crippen molar-refractivity contribution in [3.63, 3.8) is 0 Å². The fourth-order valence-electron chi connectivity index (χ4n) is 2.54. The van der Waals surface area contributed by atoms with E-state index >= 15 is 0 Å². The third-order valence-corrected chi connectivity index (χ3v) is 4.32. The Morgan fingerprint density at radius 2 is 1.86 bits per heavy atom.